The SMILES string of the molecule is NCCC1CCn2cnc(C3CCCO3)c2C1. The average Bonchev–Trinajstić information content (AvgIpc) is 2.96. The minimum absolute atomic E-state index is 0.253. The fourth-order valence-electron chi connectivity index (χ4n) is 3.08. The van der Waals surface area contributed by atoms with E-state index in [0.717, 1.165) is 44.9 Å². The molecule has 3 rings (SSSR count). The molecule has 0 amide bonds. The van der Waals surface area contributed by atoms with Gasteiger partial charge in [0.1, 0.15) is 6.10 Å². The van der Waals surface area contributed by atoms with Gasteiger partial charge in [0.05, 0.1) is 12.0 Å². The van der Waals surface area contributed by atoms with Crippen molar-refractivity contribution in [3.8, 4) is 0 Å². The lowest BCUT2D eigenvalue weighted by molar-refractivity contribution is 0.107. The highest BCUT2D eigenvalue weighted by Gasteiger charge is 2.28. The minimum atomic E-state index is 0.253. The fourth-order valence-corrected chi connectivity index (χ4v) is 3.08. The molecule has 17 heavy (non-hydrogen) atoms. The molecule has 0 saturated carbocycles. The Kier molecular flexibility index (Phi) is 3.16. The molecule has 1 fully saturated rings. The van der Waals surface area contributed by atoms with Crippen molar-refractivity contribution < 1.29 is 4.74 Å². The largest absolute Gasteiger partial charge is 0.372 e. The predicted molar refractivity (Wildman–Crippen MR) is 65.6 cm³/mol. The van der Waals surface area contributed by atoms with Crippen molar-refractivity contribution in [1.82, 2.24) is 9.55 Å². The number of aromatic nitrogens is 2. The van der Waals surface area contributed by atoms with Crippen LogP contribution >= 0.6 is 0 Å². The van der Waals surface area contributed by atoms with Crippen molar-refractivity contribution in [3.05, 3.63) is 17.7 Å². The summed E-state index contributed by atoms with van der Waals surface area (Å²) in [4.78, 5) is 4.58. The summed E-state index contributed by atoms with van der Waals surface area (Å²) < 4.78 is 8.07. The normalized spacial score (nSPS) is 28.3. The lowest BCUT2D eigenvalue weighted by Gasteiger charge is -2.25. The van der Waals surface area contributed by atoms with E-state index in [4.69, 9.17) is 10.5 Å². The van der Waals surface area contributed by atoms with Gasteiger partial charge >= 0.3 is 0 Å². The van der Waals surface area contributed by atoms with Gasteiger partial charge in [-0.05, 0) is 44.6 Å². The quantitative estimate of drug-likeness (QED) is 0.866. The van der Waals surface area contributed by atoms with E-state index in [1.165, 1.54) is 24.2 Å². The molecule has 4 nitrogen and oxygen atoms in total. The van der Waals surface area contributed by atoms with Crippen molar-refractivity contribution in [2.45, 2.75) is 44.8 Å². The van der Waals surface area contributed by atoms with Crippen LogP contribution in [0.3, 0.4) is 0 Å². The van der Waals surface area contributed by atoms with Crippen LogP contribution in [0, 0.1) is 5.92 Å². The number of fused-ring (bicyclic) bond motifs is 1. The van der Waals surface area contributed by atoms with E-state index >= 15 is 0 Å². The molecule has 0 aromatic carbocycles. The van der Waals surface area contributed by atoms with Crippen LogP contribution in [0.15, 0.2) is 6.33 Å². The lowest BCUT2D eigenvalue weighted by atomic mass is 9.91. The van der Waals surface area contributed by atoms with E-state index in [-0.39, 0.29) is 6.10 Å². The lowest BCUT2D eigenvalue weighted by Crippen LogP contribution is -2.22. The van der Waals surface area contributed by atoms with Crippen molar-refractivity contribution in [1.29, 1.82) is 0 Å². The van der Waals surface area contributed by atoms with Gasteiger partial charge in [0.15, 0.2) is 0 Å². The van der Waals surface area contributed by atoms with Crippen LogP contribution in [0.2, 0.25) is 0 Å². The summed E-state index contributed by atoms with van der Waals surface area (Å²) in [7, 11) is 0. The van der Waals surface area contributed by atoms with E-state index in [0.29, 0.717) is 0 Å². The van der Waals surface area contributed by atoms with Gasteiger partial charge in [0.25, 0.3) is 0 Å². The highest BCUT2D eigenvalue weighted by Crippen LogP contribution is 2.33. The van der Waals surface area contributed by atoms with Crippen LogP contribution < -0.4 is 5.73 Å². The third-order valence-electron chi connectivity index (χ3n) is 4.05. The van der Waals surface area contributed by atoms with Gasteiger partial charge < -0.3 is 15.0 Å². The van der Waals surface area contributed by atoms with Crippen LogP contribution in [0.4, 0.5) is 0 Å². The zero-order valence-corrected chi connectivity index (χ0v) is 10.3. The van der Waals surface area contributed by atoms with Gasteiger partial charge in [0.2, 0.25) is 0 Å². The Hall–Kier alpha value is -0.870. The summed E-state index contributed by atoms with van der Waals surface area (Å²) >= 11 is 0. The van der Waals surface area contributed by atoms with Gasteiger partial charge in [-0.15, -0.1) is 0 Å². The molecule has 2 aliphatic heterocycles. The highest BCUT2D eigenvalue weighted by atomic mass is 16.5. The maximum absolute atomic E-state index is 5.76. The molecule has 0 aliphatic carbocycles. The summed E-state index contributed by atoms with van der Waals surface area (Å²) in [6, 6.07) is 0. The maximum Gasteiger partial charge on any atom is 0.101 e. The van der Waals surface area contributed by atoms with E-state index < -0.39 is 0 Å². The molecule has 1 saturated heterocycles. The van der Waals surface area contributed by atoms with Gasteiger partial charge in [-0.25, -0.2) is 4.98 Å². The van der Waals surface area contributed by atoms with E-state index in [1.54, 1.807) is 0 Å². The molecule has 0 radical (unpaired) electrons. The first kappa shape index (κ1) is 11.2. The standard InChI is InChI=1S/C13H21N3O/c14-5-3-10-4-6-16-9-15-13(11(16)8-10)12-2-1-7-17-12/h9-10,12H,1-8,14H2. The van der Waals surface area contributed by atoms with Crippen LogP contribution in [0.5, 0.6) is 0 Å². The molecule has 2 aliphatic rings. The Morgan fingerprint density at radius 2 is 2.41 bits per heavy atom. The van der Waals surface area contributed by atoms with Crippen molar-refractivity contribution in [2.24, 2.45) is 11.7 Å². The number of ether oxygens (including phenoxy) is 1. The molecular formula is C13H21N3O. The summed E-state index contributed by atoms with van der Waals surface area (Å²) in [5.41, 5.74) is 8.27. The summed E-state index contributed by atoms with van der Waals surface area (Å²) in [5, 5.41) is 0. The maximum atomic E-state index is 5.76. The monoisotopic (exact) mass is 235 g/mol. The van der Waals surface area contributed by atoms with E-state index in [1.807, 2.05) is 6.33 Å². The highest BCUT2D eigenvalue weighted by molar-refractivity contribution is 5.19. The Labute approximate surface area is 102 Å². The second-order valence-electron chi connectivity index (χ2n) is 5.21. The first-order valence-corrected chi connectivity index (χ1v) is 6.74. The average molecular weight is 235 g/mol. The number of imidazole rings is 1. The first-order chi connectivity index (χ1) is 8.38. The summed E-state index contributed by atoms with van der Waals surface area (Å²) in [6.45, 7) is 2.79. The van der Waals surface area contributed by atoms with Gasteiger partial charge in [-0.2, -0.15) is 0 Å². The Balaban J connectivity index is 1.80. The van der Waals surface area contributed by atoms with Gasteiger partial charge in [-0.3, -0.25) is 0 Å². The van der Waals surface area contributed by atoms with E-state index in [9.17, 15) is 0 Å². The molecule has 3 heterocycles. The van der Waals surface area contributed by atoms with Crippen molar-refractivity contribution >= 4 is 0 Å². The van der Waals surface area contributed by atoms with Crippen LogP contribution in [-0.4, -0.2) is 22.7 Å². The minimum Gasteiger partial charge on any atom is -0.372 e. The molecule has 2 unspecified atom stereocenters. The van der Waals surface area contributed by atoms with Crippen LogP contribution in [0.1, 0.15) is 43.2 Å². The van der Waals surface area contributed by atoms with Crippen LogP contribution in [-0.2, 0) is 17.7 Å². The third kappa shape index (κ3) is 2.11. The molecular weight excluding hydrogens is 214 g/mol. The topological polar surface area (TPSA) is 53.1 Å². The molecule has 0 bridgehead atoms. The van der Waals surface area contributed by atoms with Crippen molar-refractivity contribution in [2.75, 3.05) is 13.2 Å². The summed E-state index contributed by atoms with van der Waals surface area (Å²) in [6.07, 6.45) is 8.05. The number of rotatable bonds is 3. The Morgan fingerprint density at radius 3 is 3.18 bits per heavy atom. The second kappa shape index (κ2) is 4.78. The zero-order chi connectivity index (χ0) is 11.7. The number of nitrogens with two attached hydrogens (primary N) is 1. The van der Waals surface area contributed by atoms with E-state index in [2.05, 4.69) is 9.55 Å². The number of nitrogens with zero attached hydrogens (tertiary/aromatic N) is 2. The number of hydrogen-bond donors (Lipinski definition) is 1. The van der Waals surface area contributed by atoms with Gasteiger partial charge in [-0.1, -0.05) is 0 Å². The molecule has 94 valence electrons. The van der Waals surface area contributed by atoms with Crippen molar-refractivity contribution in [3.63, 3.8) is 0 Å². The molecule has 2 N–H and O–H groups in total. The summed E-state index contributed by atoms with van der Waals surface area (Å²) in [5.74, 6) is 0.740. The predicted octanol–water partition coefficient (Wildman–Crippen LogP) is 1.65. The molecule has 0 spiro atoms. The Bertz CT molecular complexity index is 382. The molecule has 2 atom stereocenters. The molecule has 4 heteroatoms. The second-order valence-corrected chi connectivity index (χ2v) is 5.21. The Morgan fingerprint density at radius 1 is 1.47 bits per heavy atom. The number of hydrogen-bond acceptors (Lipinski definition) is 3. The van der Waals surface area contributed by atoms with Gasteiger partial charge in [0, 0.05) is 18.8 Å². The molecule has 1 aromatic rings. The zero-order valence-electron chi connectivity index (χ0n) is 10.3. The molecule has 1 aromatic heterocycles. The number of aryl methyl sites for hydroxylation is 1. The smallest absolute Gasteiger partial charge is 0.101 e. The van der Waals surface area contributed by atoms with Crippen LogP contribution in [0.25, 0.3) is 0 Å². The third-order valence-corrected chi connectivity index (χ3v) is 4.05. The first-order valence-electron chi connectivity index (χ1n) is 6.74. The fraction of sp³-hybridized carbons (Fsp3) is 0.769.